The van der Waals surface area contributed by atoms with Crippen LogP contribution in [0.4, 0.5) is 0 Å². The van der Waals surface area contributed by atoms with Gasteiger partial charge in [0.2, 0.25) is 0 Å². The summed E-state index contributed by atoms with van der Waals surface area (Å²) in [5.41, 5.74) is 2.78. The quantitative estimate of drug-likeness (QED) is 0.669. The Kier molecular flexibility index (Phi) is 3.97. The molecule has 0 aliphatic carbocycles. The summed E-state index contributed by atoms with van der Waals surface area (Å²) in [6.45, 7) is 1.78. The summed E-state index contributed by atoms with van der Waals surface area (Å²) >= 11 is 0. The van der Waals surface area contributed by atoms with Crippen LogP contribution in [0.25, 0.3) is 12.2 Å². The average molecular weight is 289 g/mol. The first kappa shape index (κ1) is 14.0. The summed E-state index contributed by atoms with van der Waals surface area (Å²) in [4.78, 5) is 12.6. The zero-order valence-corrected chi connectivity index (χ0v) is 12.2. The van der Waals surface area contributed by atoms with E-state index in [0.717, 1.165) is 5.56 Å². The third-order valence-corrected chi connectivity index (χ3v) is 3.38. The minimum absolute atomic E-state index is 0.0768. The Labute approximate surface area is 128 Å². The van der Waals surface area contributed by atoms with E-state index in [1.165, 1.54) is 0 Å². The van der Waals surface area contributed by atoms with E-state index in [9.17, 15) is 4.79 Å². The molecule has 0 unspecified atom stereocenters. The van der Waals surface area contributed by atoms with E-state index in [4.69, 9.17) is 4.52 Å². The Morgan fingerprint density at radius 3 is 2.27 bits per heavy atom. The molecule has 2 aromatic carbocycles. The van der Waals surface area contributed by atoms with Crippen LogP contribution in [0.2, 0.25) is 0 Å². The maximum absolute atomic E-state index is 12.6. The maximum Gasteiger partial charge on any atom is 0.198 e. The fraction of sp³-hybridized carbons (Fsp3) is 0.0526. The van der Waals surface area contributed by atoms with E-state index in [2.05, 4.69) is 5.16 Å². The van der Waals surface area contributed by atoms with Gasteiger partial charge in [0.1, 0.15) is 0 Å². The molecule has 3 aromatic rings. The number of carbonyl (C=O) groups is 1. The zero-order chi connectivity index (χ0) is 15.4. The molecule has 0 atom stereocenters. The first-order valence-corrected chi connectivity index (χ1v) is 7.05. The smallest absolute Gasteiger partial charge is 0.198 e. The molecule has 108 valence electrons. The number of aryl methyl sites for hydroxylation is 1. The van der Waals surface area contributed by atoms with Crippen LogP contribution in [-0.4, -0.2) is 10.9 Å². The number of rotatable bonds is 4. The Hall–Kier alpha value is -2.94. The third kappa shape index (κ3) is 2.88. The molecule has 22 heavy (non-hydrogen) atoms. The second-order valence-electron chi connectivity index (χ2n) is 4.95. The molecule has 1 aromatic heterocycles. The number of hydrogen-bond donors (Lipinski definition) is 0. The maximum atomic E-state index is 12.6. The number of aromatic nitrogens is 1. The lowest BCUT2D eigenvalue weighted by atomic mass is 10.0. The van der Waals surface area contributed by atoms with Crippen molar-refractivity contribution in [3.63, 3.8) is 0 Å². The lowest BCUT2D eigenvalue weighted by Gasteiger charge is -1.99. The summed E-state index contributed by atoms with van der Waals surface area (Å²) in [7, 11) is 0. The first-order valence-electron chi connectivity index (χ1n) is 7.05. The first-order chi connectivity index (χ1) is 10.8. The molecule has 0 saturated carbocycles. The van der Waals surface area contributed by atoms with Gasteiger partial charge in [-0.3, -0.25) is 4.79 Å². The number of carbonyl (C=O) groups excluding carboxylic acids is 1. The Bertz CT molecular complexity index is 802. The lowest BCUT2D eigenvalue weighted by Crippen LogP contribution is -2.03. The molecule has 0 saturated heterocycles. The fourth-order valence-electron chi connectivity index (χ4n) is 2.25. The van der Waals surface area contributed by atoms with Gasteiger partial charge >= 0.3 is 0 Å². The molecular formula is C19H15NO2. The largest absolute Gasteiger partial charge is 0.356 e. The molecule has 3 heteroatoms. The van der Waals surface area contributed by atoms with Crippen molar-refractivity contribution in [2.45, 2.75) is 6.92 Å². The van der Waals surface area contributed by atoms with Gasteiger partial charge in [-0.05, 0) is 18.6 Å². The summed E-state index contributed by atoms with van der Waals surface area (Å²) in [6.07, 6.45) is 3.69. The highest BCUT2D eigenvalue weighted by molar-refractivity contribution is 6.11. The normalized spacial score (nSPS) is 11.0. The van der Waals surface area contributed by atoms with Crippen LogP contribution in [0.1, 0.15) is 32.9 Å². The van der Waals surface area contributed by atoms with Gasteiger partial charge in [-0.15, -0.1) is 0 Å². The van der Waals surface area contributed by atoms with Crippen LogP contribution in [0.3, 0.4) is 0 Å². The molecule has 0 bridgehead atoms. The number of ketones is 1. The second-order valence-corrected chi connectivity index (χ2v) is 4.95. The monoisotopic (exact) mass is 289 g/mol. The van der Waals surface area contributed by atoms with Crippen molar-refractivity contribution in [3.8, 4) is 0 Å². The summed E-state index contributed by atoms with van der Waals surface area (Å²) in [6, 6.07) is 19.0. The highest BCUT2D eigenvalue weighted by Gasteiger charge is 2.19. The minimum atomic E-state index is -0.0768. The molecule has 0 fully saturated rings. The van der Waals surface area contributed by atoms with E-state index in [1.54, 1.807) is 25.1 Å². The fourth-order valence-corrected chi connectivity index (χ4v) is 2.25. The van der Waals surface area contributed by atoms with Gasteiger partial charge in [0.25, 0.3) is 0 Å². The molecule has 0 radical (unpaired) electrons. The molecule has 0 N–H and O–H groups in total. The molecule has 0 aliphatic rings. The van der Waals surface area contributed by atoms with Crippen molar-refractivity contribution >= 4 is 17.9 Å². The van der Waals surface area contributed by atoms with Gasteiger partial charge in [0, 0.05) is 5.56 Å². The van der Waals surface area contributed by atoms with Gasteiger partial charge < -0.3 is 4.52 Å². The molecule has 3 nitrogen and oxygen atoms in total. The highest BCUT2D eigenvalue weighted by Crippen LogP contribution is 2.20. The molecule has 0 amide bonds. The van der Waals surface area contributed by atoms with Gasteiger partial charge in [0.05, 0.1) is 11.3 Å². The van der Waals surface area contributed by atoms with Crippen molar-refractivity contribution in [3.05, 3.63) is 88.8 Å². The second kappa shape index (κ2) is 6.22. The molecule has 0 spiro atoms. The third-order valence-electron chi connectivity index (χ3n) is 3.38. The summed E-state index contributed by atoms with van der Waals surface area (Å²) in [5.74, 6) is 0.405. The minimum Gasteiger partial charge on any atom is -0.356 e. The van der Waals surface area contributed by atoms with Gasteiger partial charge in [0.15, 0.2) is 11.5 Å². The van der Waals surface area contributed by atoms with Crippen molar-refractivity contribution in [1.29, 1.82) is 0 Å². The van der Waals surface area contributed by atoms with E-state index in [0.29, 0.717) is 22.6 Å². The SMILES string of the molecule is Cc1noc(C=Cc2ccccc2)c1C(=O)c1ccccc1. The van der Waals surface area contributed by atoms with Crippen molar-refractivity contribution in [2.24, 2.45) is 0 Å². The van der Waals surface area contributed by atoms with Crippen molar-refractivity contribution in [1.82, 2.24) is 5.16 Å². The van der Waals surface area contributed by atoms with Crippen LogP contribution < -0.4 is 0 Å². The highest BCUT2D eigenvalue weighted by atomic mass is 16.5. The van der Waals surface area contributed by atoms with Gasteiger partial charge in [-0.1, -0.05) is 71.9 Å². The van der Waals surface area contributed by atoms with Gasteiger partial charge in [-0.2, -0.15) is 0 Å². The van der Waals surface area contributed by atoms with Crippen molar-refractivity contribution < 1.29 is 9.32 Å². The van der Waals surface area contributed by atoms with E-state index < -0.39 is 0 Å². The summed E-state index contributed by atoms with van der Waals surface area (Å²) < 4.78 is 5.30. The average Bonchev–Trinajstić information content (AvgIpc) is 2.95. The standard InChI is InChI=1S/C19H15NO2/c1-14-18(19(21)16-10-6-3-7-11-16)17(22-20-14)13-12-15-8-4-2-5-9-15/h2-13H,1H3. The van der Waals surface area contributed by atoms with E-state index >= 15 is 0 Å². The van der Waals surface area contributed by atoms with Crippen LogP contribution >= 0.6 is 0 Å². The molecule has 1 heterocycles. The Balaban J connectivity index is 1.95. The van der Waals surface area contributed by atoms with Crippen molar-refractivity contribution in [2.75, 3.05) is 0 Å². The Morgan fingerprint density at radius 2 is 1.59 bits per heavy atom. The predicted molar refractivity (Wildman–Crippen MR) is 86.5 cm³/mol. The molecular weight excluding hydrogens is 274 g/mol. The molecule has 3 rings (SSSR count). The lowest BCUT2D eigenvalue weighted by molar-refractivity contribution is 0.103. The van der Waals surface area contributed by atoms with Gasteiger partial charge in [-0.25, -0.2) is 0 Å². The van der Waals surface area contributed by atoms with E-state index in [1.807, 2.05) is 54.6 Å². The number of benzene rings is 2. The number of nitrogens with zero attached hydrogens (tertiary/aromatic N) is 1. The van der Waals surface area contributed by atoms with Crippen LogP contribution in [0.5, 0.6) is 0 Å². The topological polar surface area (TPSA) is 43.1 Å². The number of hydrogen-bond acceptors (Lipinski definition) is 3. The van der Waals surface area contributed by atoms with Crippen LogP contribution in [0.15, 0.2) is 65.2 Å². The predicted octanol–water partition coefficient (Wildman–Crippen LogP) is 4.38. The zero-order valence-electron chi connectivity index (χ0n) is 12.2. The Morgan fingerprint density at radius 1 is 0.955 bits per heavy atom. The van der Waals surface area contributed by atoms with Crippen LogP contribution in [0, 0.1) is 6.92 Å². The van der Waals surface area contributed by atoms with Crippen LogP contribution in [-0.2, 0) is 0 Å². The molecule has 0 aliphatic heterocycles. The van der Waals surface area contributed by atoms with E-state index in [-0.39, 0.29) is 5.78 Å². The summed E-state index contributed by atoms with van der Waals surface area (Å²) in [5, 5.41) is 3.93.